The number of hydrogen-bond donors (Lipinski definition) is 3. The molecule has 0 heterocycles. The minimum absolute atomic E-state index is 0. The minimum atomic E-state index is -0.0577. The lowest BCUT2D eigenvalue weighted by atomic mass is 10.1. The molecule has 2 rings (SSSR count). The largest absolute Gasteiger partial charge is 0.356 e. The van der Waals surface area contributed by atoms with Gasteiger partial charge in [0.05, 0.1) is 0 Å². The van der Waals surface area contributed by atoms with Gasteiger partial charge < -0.3 is 20.9 Å². The Bertz CT molecular complexity index is 829. The van der Waals surface area contributed by atoms with E-state index in [1.165, 1.54) is 5.56 Å². The molecule has 0 aromatic heterocycles. The first-order valence-corrected chi connectivity index (χ1v) is 10.1. The number of hydrogen-bond acceptors (Lipinski definition) is 3. The van der Waals surface area contributed by atoms with Crippen LogP contribution in [0.1, 0.15) is 21.5 Å². The molecule has 0 spiro atoms. The fourth-order valence-electron chi connectivity index (χ4n) is 2.74. The standard InChI is InChI=1S/C22H30ClN5O.HI/c1-24-22(26-11-10-17-6-5-9-20(23)15-17)27-16-18-7-4-8-19(14-18)21(29)25-12-13-28(2)3;/h4-9,14-15H,10-13,16H2,1-3H3,(H,25,29)(H2,24,26,27);1H. The predicted octanol–water partition coefficient (Wildman–Crippen LogP) is 3.16. The highest BCUT2D eigenvalue weighted by atomic mass is 127. The number of likely N-dealkylation sites (N-methyl/N-ethyl adjacent to an activating group) is 1. The Morgan fingerprint density at radius 3 is 2.43 bits per heavy atom. The second-order valence-electron chi connectivity index (χ2n) is 6.99. The summed E-state index contributed by atoms with van der Waals surface area (Å²) in [4.78, 5) is 18.6. The van der Waals surface area contributed by atoms with Gasteiger partial charge in [-0.15, -0.1) is 24.0 Å². The molecule has 164 valence electrons. The van der Waals surface area contributed by atoms with E-state index in [4.69, 9.17) is 11.6 Å². The lowest BCUT2D eigenvalue weighted by molar-refractivity contribution is 0.0951. The molecule has 0 saturated heterocycles. The van der Waals surface area contributed by atoms with Gasteiger partial charge in [0.1, 0.15) is 0 Å². The summed E-state index contributed by atoms with van der Waals surface area (Å²) in [7, 11) is 5.70. The van der Waals surface area contributed by atoms with E-state index in [9.17, 15) is 4.79 Å². The molecule has 2 aromatic rings. The Hall–Kier alpha value is -1.84. The van der Waals surface area contributed by atoms with Gasteiger partial charge in [-0.05, 0) is 55.9 Å². The van der Waals surface area contributed by atoms with Gasteiger partial charge >= 0.3 is 0 Å². The average molecular weight is 544 g/mol. The average Bonchev–Trinajstić information content (AvgIpc) is 2.70. The summed E-state index contributed by atoms with van der Waals surface area (Å²) in [5, 5.41) is 10.3. The van der Waals surface area contributed by atoms with E-state index >= 15 is 0 Å². The van der Waals surface area contributed by atoms with Crippen molar-refractivity contribution in [1.29, 1.82) is 0 Å². The van der Waals surface area contributed by atoms with Gasteiger partial charge in [0.15, 0.2) is 5.96 Å². The lowest BCUT2D eigenvalue weighted by Crippen LogP contribution is -2.38. The van der Waals surface area contributed by atoms with Crippen LogP contribution in [0.2, 0.25) is 5.02 Å². The number of nitrogens with zero attached hydrogens (tertiary/aromatic N) is 2. The van der Waals surface area contributed by atoms with Crippen LogP contribution in [0.25, 0.3) is 0 Å². The first kappa shape index (κ1) is 26.2. The molecule has 0 bridgehead atoms. The zero-order chi connectivity index (χ0) is 21.1. The molecule has 1 amide bonds. The maximum Gasteiger partial charge on any atom is 0.251 e. The normalized spacial score (nSPS) is 11.0. The highest BCUT2D eigenvalue weighted by Crippen LogP contribution is 2.10. The Morgan fingerprint density at radius 2 is 1.73 bits per heavy atom. The Morgan fingerprint density at radius 1 is 1.00 bits per heavy atom. The van der Waals surface area contributed by atoms with Crippen molar-refractivity contribution >= 4 is 47.4 Å². The van der Waals surface area contributed by atoms with Crippen LogP contribution >= 0.6 is 35.6 Å². The van der Waals surface area contributed by atoms with Gasteiger partial charge in [-0.25, -0.2) is 0 Å². The summed E-state index contributed by atoms with van der Waals surface area (Å²) in [6.45, 7) is 2.76. The minimum Gasteiger partial charge on any atom is -0.356 e. The fourth-order valence-corrected chi connectivity index (χ4v) is 2.95. The number of nitrogens with one attached hydrogen (secondary N) is 3. The Balaban J connectivity index is 0.00000450. The van der Waals surface area contributed by atoms with Gasteiger partial charge in [0.25, 0.3) is 5.91 Å². The van der Waals surface area contributed by atoms with E-state index in [-0.39, 0.29) is 29.9 Å². The molecule has 0 radical (unpaired) electrons. The summed E-state index contributed by atoms with van der Waals surface area (Å²) in [6.07, 6.45) is 0.851. The van der Waals surface area contributed by atoms with E-state index in [0.29, 0.717) is 24.6 Å². The smallest absolute Gasteiger partial charge is 0.251 e. The molecular formula is C22H31ClIN5O. The SMILES string of the molecule is CN=C(NCCc1cccc(Cl)c1)NCc1cccc(C(=O)NCCN(C)C)c1.I. The molecule has 2 aromatic carbocycles. The maximum atomic E-state index is 12.3. The number of benzene rings is 2. The molecule has 0 aliphatic heterocycles. The summed E-state index contributed by atoms with van der Waals surface area (Å²) in [5.74, 6) is 0.658. The van der Waals surface area contributed by atoms with Crippen LogP contribution in [-0.4, -0.2) is 57.5 Å². The Kier molecular flexibility index (Phi) is 12.4. The van der Waals surface area contributed by atoms with Crippen molar-refractivity contribution in [3.8, 4) is 0 Å². The molecule has 6 nitrogen and oxygen atoms in total. The van der Waals surface area contributed by atoms with Crippen LogP contribution in [0.5, 0.6) is 0 Å². The Labute approximate surface area is 201 Å². The molecule has 8 heteroatoms. The number of carbonyl (C=O) groups excluding carboxylic acids is 1. The summed E-state index contributed by atoms with van der Waals surface area (Å²) < 4.78 is 0. The predicted molar refractivity (Wildman–Crippen MR) is 136 cm³/mol. The van der Waals surface area contributed by atoms with Crippen molar-refractivity contribution in [2.75, 3.05) is 40.8 Å². The monoisotopic (exact) mass is 543 g/mol. The second-order valence-corrected chi connectivity index (χ2v) is 7.43. The van der Waals surface area contributed by atoms with E-state index in [0.717, 1.165) is 30.1 Å². The number of aliphatic imine (C=N–C) groups is 1. The molecule has 0 unspecified atom stereocenters. The third-order valence-electron chi connectivity index (χ3n) is 4.31. The number of guanidine groups is 1. The topological polar surface area (TPSA) is 68.8 Å². The third kappa shape index (κ3) is 9.77. The maximum absolute atomic E-state index is 12.3. The van der Waals surface area contributed by atoms with Crippen molar-refractivity contribution in [3.63, 3.8) is 0 Å². The van der Waals surface area contributed by atoms with Crippen molar-refractivity contribution in [3.05, 3.63) is 70.2 Å². The molecule has 0 aliphatic rings. The molecule has 0 aliphatic carbocycles. The van der Waals surface area contributed by atoms with Gasteiger partial charge in [-0.1, -0.05) is 35.9 Å². The summed E-state index contributed by atoms with van der Waals surface area (Å²) in [5.41, 5.74) is 2.85. The highest BCUT2D eigenvalue weighted by Gasteiger charge is 2.06. The van der Waals surface area contributed by atoms with E-state index in [2.05, 4.69) is 27.0 Å². The van der Waals surface area contributed by atoms with E-state index < -0.39 is 0 Å². The zero-order valence-electron chi connectivity index (χ0n) is 17.7. The van der Waals surface area contributed by atoms with Crippen LogP contribution < -0.4 is 16.0 Å². The van der Waals surface area contributed by atoms with Crippen LogP contribution in [0.15, 0.2) is 53.5 Å². The van der Waals surface area contributed by atoms with Crippen molar-refractivity contribution in [2.45, 2.75) is 13.0 Å². The summed E-state index contributed by atoms with van der Waals surface area (Å²) in [6, 6.07) is 15.5. The summed E-state index contributed by atoms with van der Waals surface area (Å²) >= 11 is 6.02. The van der Waals surface area contributed by atoms with Gasteiger partial charge in [0, 0.05) is 43.8 Å². The third-order valence-corrected chi connectivity index (χ3v) is 4.55. The number of rotatable bonds is 9. The fraction of sp³-hybridized carbons (Fsp3) is 0.364. The van der Waals surface area contributed by atoms with Crippen LogP contribution in [0.3, 0.4) is 0 Å². The molecular weight excluding hydrogens is 513 g/mol. The second kappa shape index (κ2) is 14.2. The van der Waals surface area contributed by atoms with Gasteiger partial charge in [0.2, 0.25) is 0 Å². The van der Waals surface area contributed by atoms with E-state index in [1.807, 2.05) is 61.5 Å². The van der Waals surface area contributed by atoms with Gasteiger partial charge in [-0.3, -0.25) is 9.79 Å². The molecule has 3 N–H and O–H groups in total. The van der Waals surface area contributed by atoms with E-state index in [1.54, 1.807) is 7.05 Å². The number of halogens is 2. The van der Waals surface area contributed by atoms with Crippen LogP contribution in [-0.2, 0) is 13.0 Å². The molecule has 0 fully saturated rings. The van der Waals surface area contributed by atoms with Crippen LogP contribution in [0.4, 0.5) is 0 Å². The van der Waals surface area contributed by atoms with Crippen molar-refractivity contribution in [1.82, 2.24) is 20.9 Å². The van der Waals surface area contributed by atoms with Crippen molar-refractivity contribution in [2.24, 2.45) is 4.99 Å². The molecule has 0 atom stereocenters. The first-order chi connectivity index (χ1) is 14.0. The quantitative estimate of drug-likeness (QED) is 0.258. The van der Waals surface area contributed by atoms with Gasteiger partial charge in [-0.2, -0.15) is 0 Å². The molecule has 30 heavy (non-hydrogen) atoms. The lowest BCUT2D eigenvalue weighted by Gasteiger charge is -2.13. The molecule has 0 saturated carbocycles. The van der Waals surface area contributed by atoms with Crippen LogP contribution in [0, 0.1) is 0 Å². The van der Waals surface area contributed by atoms with Crippen molar-refractivity contribution < 1.29 is 4.79 Å². The zero-order valence-corrected chi connectivity index (χ0v) is 20.8. The first-order valence-electron chi connectivity index (χ1n) is 9.69. The highest BCUT2D eigenvalue weighted by molar-refractivity contribution is 14.0. The number of amides is 1. The number of carbonyl (C=O) groups is 1.